The van der Waals surface area contributed by atoms with Crippen LogP contribution in [-0.4, -0.2) is 53.2 Å². The molecular weight excluding hydrogens is 356 g/mol. The van der Waals surface area contributed by atoms with Crippen LogP contribution in [0.25, 0.3) is 0 Å². The summed E-state index contributed by atoms with van der Waals surface area (Å²) in [6, 6.07) is 8.11. The zero-order chi connectivity index (χ0) is 19.5. The number of ether oxygens (including phenoxy) is 1. The summed E-state index contributed by atoms with van der Waals surface area (Å²) in [6.45, 7) is 1.26. The predicted molar refractivity (Wildman–Crippen MR) is 104 cm³/mol. The lowest BCUT2D eigenvalue weighted by molar-refractivity contribution is -0.144. The second-order valence-electron chi connectivity index (χ2n) is 8.34. The van der Waals surface area contributed by atoms with E-state index in [2.05, 4.69) is 17.4 Å². The molecule has 152 valence electrons. The number of carbonyl (C=O) groups excluding carboxylic acids is 2. The molecule has 4 rings (SSSR count). The van der Waals surface area contributed by atoms with E-state index >= 15 is 0 Å². The fourth-order valence-corrected chi connectivity index (χ4v) is 4.45. The Hall–Kier alpha value is -1.92. The fraction of sp³-hybridized carbons (Fsp3) is 0.636. The molecule has 3 aliphatic rings. The Morgan fingerprint density at radius 1 is 1.14 bits per heavy atom. The van der Waals surface area contributed by atoms with Crippen molar-refractivity contribution in [3.63, 3.8) is 0 Å². The predicted octanol–water partition coefficient (Wildman–Crippen LogP) is 1.79. The molecule has 0 spiro atoms. The molecule has 2 aliphatic heterocycles. The standard InChI is InChI=1S/C22H30N2O4/c25-14-20-19(23-22(27)16-6-3-7-16)9-8-18(28-20)12-21(26)24-11-10-15-4-1-2-5-17(15)13-24/h1-2,4-5,16,18-20,25H,3,6-14H2,(H,23,27)/t18-,19-,20-/m1/s1. The van der Waals surface area contributed by atoms with E-state index in [1.54, 1.807) is 0 Å². The van der Waals surface area contributed by atoms with Gasteiger partial charge in [-0.1, -0.05) is 30.7 Å². The number of aliphatic hydroxyl groups excluding tert-OH is 1. The molecule has 2 fully saturated rings. The fourth-order valence-electron chi connectivity index (χ4n) is 4.45. The van der Waals surface area contributed by atoms with E-state index in [9.17, 15) is 14.7 Å². The Labute approximate surface area is 166 Å². The molecule has 0 aromatic heterocycles. The van der Waals surface area contributed by atoms with Crippen LogP contribution in [0.1, 0.15) is 49.7 Å². The summed E-state index contributed by atoms with van der Waals surface area (Å²) in [6.07, 6.45) is 5.10. The number of hydrogen-bond donors (Lipinski definition) is 2. The average Bonchev–Trinajstić information content (AvgIpc) is 2.67. The van der Waals surface area contributed by atoms with Crippen molar-refractivity contribution < 1.29 is 19.4 Å². The summed E-state index contributed by atoms with van der Waals surface area (Å²) in [5.41, 5.74) is 2.55. The van der Waals surface area contributed by atoms with Crippen LogP contribution in [0.2, 0.25) is 0 Å². The summed E-state index contributed by atoms with van der Waals surface area (Å²) in [5, 5.41) is 12.8. The highest BCUT2D eigenvalue weighted by molar-refractivity contribution is 5.79. The molecule has 1 saturated carbocycles. The lowest BCUT2D eigenvalue weighted by atomic mass is 9.84. The third-order valence-electron chi connectivity index (χ3n) is 6.48. The van der Waals surface area contributed by atoms with Gasteiger partial charge in [-0.15, -0.1) is 0 Å². The normalized spacial score (nSPS) is 27.6. The SMILES string of the molecule is O=C(N[C@@H]1CC[C@H](CC(=O)N2CCc3ccccc3C2)O[C@@H]1CO)C1CCC1. The first-order chi connectivity index (χ1) is 13.6. The number of amides is 2. The van der Waals surface area contributed by atoms with Crippen molar-refractivity contribution in [1.82, 2.24) is 10.2 Å². The number of fused-ring (bicyclic) bond motifs is 1. The molecule has 1 aliphatic carbocycles. The summed E-state index contributed by atoms with van der Waals surface area (Å²) in [4.78, 5) is 26.9. The van der Waals surface area contributed by atoms with Gasteiger partial charge >= 0.3 is 0 Å². The van der Waals surface area contributed by atoms with Crippen LogP contribution < -0.4 is 5.32 Å². The number of hydrogen-bond acceptors (Lipinski definition) is 4. The zero-order valence-electron chi connectivity index (χ0n) is 16.3. The van der Waals surface area contributed by atoms with Gasteiger partial charge in [0.25, 0.3) is 0 Å². The quantitative estimate of drug-likeness (QED) is 0.809. The van der Waals surface area contributed by atoms with Crippen LogP contribution in [0.3, 0.4) is 0 Å². The van der Waals surface area contributed by atoms with E-state index in [0.717, 1.165) is 45.1 Å². The molecule has 0 bridgehead atoms. The molecule has 2 heterocycles. The van der Waals surface area contributed by atoms with Gasteiger partial charge in [0, 0.05) is 19.0 Å². The largest absolute Gasteiger partial charge is 0.394 e. The Morgan fingerprint density at radius 2 is 1.93 bits per heavy atom. The second kappa shape index (κ2) is 8.62. The Balaban J connectivity index is 1.28. The third-order valence-corrected chi connectivity index (χ3v) is 6.48. The molecule has 2 amide bonds. The van der Waals surface area contributed by atoms with E-state index in [0.29, 0.717) is 13.0 Å². The second-order valence-corrected chi connectivity index (χ2v) is 8.34. The summed E-state index contributed by atoms with van der Waals surface area (Å²) in [7, 11) is 0. The molecule has 1 aromatic carbocycles. The van der Waals surface area contributed by atoms with Crippen molar-refractivity contribution in [2.24, 2.45) is 5.92 Å². The van der Waals surface area contributed by atoms with Crippen molar-refractivity contribution >= 4 is 11.8 Å². The van der Waals surface area contributed by atoms with Gasteiger partial charge in [-0.3, -0.25) is 9.59 Å². The van der Waals surface area contributed by atoms with Crippen LogP contribution in [0, 0.1) is 5.92 Å². The minimum Gasteiger partial charge on any atom is -0.394 e. The maximum atomic E-state index is 12.8. The van der Waals surface area contributed by atoms with E-state index < -0.39 is 6.10 Å². The van der Waals surface area contributed by atoms with Gasteiger partial charge in [-0.2, -0.15) is 0 Å². The van der Waals surface area contributed by atoms with Crippen LogP contribution >= 0.6 is 0 Å². The minimum absolute atomic E-state index is 0.0832. The van der Waals surface area contributed by atoms with Gasteiger partial charge in [0.2, 0.25) is 11.8 Å². The maximum Gasteiger partial charge on any atom is 0.225 e. The number of carbonyl (C=O) groups is 2. The zero-order valence-corrected chi connectivity index (χ0v) is 16.3. The molecule has 6 nitrogen and oxygen atoms in total. The lowest BCUT2D eigenvalue weighted by Crippen LogP contribution is -2.53. The molecule has 1 aromatic rings. The number of rotatable bonds is 5. The number of nitrogens with zero attached hydrogens (tertiary/aromatic N) is 1. The Morgan fingerprint density at radius 3 is 2.64 bits per heavy atom. The average molecular weight is 386 g/mol. The van der Waals surface area contributed by atoms with Gasteiger partial charge in [-0.25, -0.2) is 0 Å². The third kappa shape index (κ3) is 4.23. The van der Waals surface area contributed by atoms with Gasteiger partial charge < -0.3 is 20.1 Å². The molecule has 0 unspecified atom stereocenters. The first-order valence-electron chi connectivity index (χ1n) is 10.6. The highest BCUT2D eigenvalue weighted by Crippen LogP contribution is 2.28. The molecule has 0 radical (unpaired) electrons. The maximum absolute atomic E-state index is 12.8. The molecule has 1 saturated heterocycles. The Bertz CT molecular complexity index is 718. The lowest BCUT2D eigenvalue weighted by Gasteiger charge is -2.38. The highest BCUT2D eigenvalue weighted by Gasteiger charge is 2.35. The molecule has 6 heteroatoms. The van der Waals surface area contributed by atoms with E-state index in [-0.39, 0.29) is 36.5 Å². The van der Waals surface area contributed by atoms with Crippen LogP contribution in [0.5, 0.6) is 0 Å². The van der Waals surface area contributed by atoms with Gasteiger partial charge in [-0.05, 0) is 43.2 Å². The van der Waals surface area contributed by atoms with E-state index in [1.165, 1.54) is 11.1 Å². The van der Waals surface area contributed by atoms with Crippen molar-refractivity contribution in [2.45, 2.75) is 69.7 Å². The monoisotopic (exact) mass is 386 g/mol. The van der Waals surface area contributed by atoms with E-state index in [1.807, 2.05) is 17.0 Å². The van der Waals surface area contributed by atoms with Crippen LogP contribution in [0.4, 0.5) is 0 Å². The summed E-state index contributed by atoms with van der Waals surface area (Å²) < 4.78 is 6.00. The van der Waals surface area contributed by atoms with Gasteiger partial charge in [0.15, 0.2) is 0 Å². The topological polar surface area (TPSA) is 78.9 Å². The van der Waals surface area contributed by atoms with Crippen molar-refractivity contribution in [3.05, 3.63) is 35.4 Å². The van der Waals surface area contributed by atoms with Crippen molar-refractivity contribution in [3.8, 4) is 0 Å². The number of nitrogens with one attached hydrogen (secondary N) is 1. The van der Waals surface area contributed by atoms with Crippen molar-refractivity contribution in [2.75, 3.05) is 13.2 Å². The van der Waals surface area contributed by atoms with Gasteiger partial charge in [0.1, 0.15) is 6.10 Å². The van der Waals surface area contributed by atoms with Crippen LogP contribution in [0.15, 0.2) is 24.3 Å². The van der Waals surface area contributed by atoms with Crippen LogP contribution in [-0.2, 0) is 27.3 Å². The molecular formula is C22H30N2O4. The highest BCUT2D eigenvalue weighted by atomic mass is 16.5. The summed E-state index contributed by atoms with van der Waals surface area (Å²) in [5.74, 6) is 0.313. The number of aliphatic hydroxyl groups is 1. The van der Waals surface area contributed by atoms with E-state index in [4.69, 9.17) is 4.74 Å². The van der Waals surface area contributed by atoms with Gasteiger partial charge in [0.05, 0.1) is 25.2 Å². The van der Waals surface area contributed by atoms with Crippen molar-refractivity contribution in [1.29, 1.82) is 0 Å². The Kier molecular flexibility index (Phi) is 5.97. The smallest absolute Gasteiger partial charge is 0.225 e. The number of benzene rings is 1. The minimum atomic E-state index is -0.433. The first-order valence-corrected chi connectivity index (χ1v) is 10.6. The molecule has 3 atom stereocenters. The molecule has 2 N–H and O–H groups in total. The first kappa shape index (κ1) is 19.4. The molecule has 28 heavy (non-hydrogen) atoms. The summed E-state index contributed by atoms with van der Waals surface area (Å²) >= 11 is 0.